The van der Waals surface area contributed by atoms with Crippen LogP contribution in [0.3, 0.4) is 0 Å². The lowest BCUT2D eigenvalue weighted by molar-refractivity contribution is -0.150. The molecule has 0 spiro atoms. The SMILES string of the molecule is O=C(O)C(O)(Cc1ccccc1)[P+](=O)CCCCc1ccccc1. The van der Waals surface area contributed by atoms with Crippen LogP contribution in [0.4, 0.5) is 0 Å². The van der Waals surface area contributed by atoms with Crippen LogP contribution in [-0.2, 0) is 22.2 Å². The van der Waals surface area contributed by atoms with Crippen LogP contribution in [-0.4, -0.2) is 27.7 Å². The Balaban J connectivity index is 1.90. The largest absolute Gasteiger partial charge is 0.476 e. The molecule has 0 fully saturated rings. The molecule has 0 aliphatic rings. The van der Waals surface area contributed by atoms with Crippen molar-refractivity contribution >= 4 is 13.8 Å². The predicted molar refractivity (Wildman–Crippen MR) is 94.6 cm³/mol. The zero-order valence-electron chi connectivity index (χ0n) is 13.5. The summed E-state index contributed by atoms with van der Waals surface area (Å²) < 4.78 is 12.4. The molecule has 0 radical (unpaired) electrons. The van der Waals surface area contributed by atoms with E-state index in [1.54, 1.807) is 24.3 Å². The smallest absolute Gasteiger partial charge is 0.388 e. The van der Waals surface area contributed by atoms with Crippen molar-refractivity contribution in [2.45, 2.75) is 31.0 Å². The Labute approximate surface area is 142 Å². The van der Waals surface area contributed by atoms with Crippen molar-refractivity contribution in [3.63, 3.8) is 0 Å². The minimum Gasteiger partial charge on any atom is -0.476 e. The summed E-state index contributed by atoms with van der Waals surface area (Å²) in [5, 5.41) is 17.6. The standard InChI is InChI=1S/C19H21O4P/c20-18(21)19(22,15-17-12-5-2-6-13-17)24(23)14-8-7-11-16-9-3-1-4-10-16/h1-6,9-10,12-13,22H,7-8,11,14-15H2/p+1. The quantitative estimate of drug-likeness (QED) is 0.535. The van der Waals surface area contributed by atoms with E-state index in [1.807, 2.05) is 36.4 Å². The summed E-state index contributed by atoms with van der Waals surface area (Å²) in [6, 6.07) is 18.8. The van der Waals surface area contributed by atoms with E-state index in [1.165, 1.54) is 5.56 Å². The Morgan fingerprint density at radius 3 is 2.00 bits per heavy atom. The van der Waals surface area contributed by atoms with Gasteiger partial charge in [0.15, 0.2) is 0 Å². The van der Waals surface area contributed by atoms with E-state index in [2.05, 4.69) is 0 Å². The fraction of sp³-hybridized carbons (Fsp3) is 0.316. The summed E-state index contributed by atoms with van der Waals surface area (Å²) in [7, 11) is -2.26. The maximum Gasteiger partial charge on any atom is 0.388 e. The van der Waals surface area contributed by atoms with E-state index < -0.39 is 19.1 Å². The van der Waals surface area contributed by atoms with Crippen molar-refractivity contribution < 1.29 is 19.6 Å². The van der Waals surface area contributed by atoms with Gasteiger partial charge in [-0.05, 0) is 30.4 Å². The summed E-state index contributed by atoms with van der Waals surface area (Å²) in [6.07, 6.45) is 2.35. The molecular weight excluding hydrogens is 323 g/mol. The number of carbonyl (C=O) groups is 1. The predicted octanol–water partition coefficient (Wildman–Crippen LogP) is 3.85. The molecule has 0 saturated carbocycles. The third-order valence-electron chi connectivity index (χ3n) is 3.97. The number of unbranched alkanes of at least 4 members (excludes halogenated alkanes) is 1. The second-order valence-electron chi connectivity index (χ2n) is 5.83. The van der Waals surface area contributed by atoms with Gasteiger partial charge in [0.25, 0.3) is 0 Å². The van der Waals surface area contributed by atoms with E-state index in [9.17, 15) is 19.6 Å². The van der Waals surface area contributed by atoms with Gasteiger partial charge < -0.3 is 10.2 Å². The maximum absolute atomic E-state index is 12.4. The van der Waals surface area contributed by atoms with Crippen molar-refractivity contribution in [1.82, 2.24) is 0 Å². The molecule has 2 aromatic rings. The third kappa shape index (κ3) is 4.98. The van der Waals surface area contributed by atoms with Crippen LogP contribution >= 0.6 is 7.80 Å². The molecule has 0 saturated heterocycles. The number of carboxylic acid groups (broad SMARTS) is 1. The van der Waals surface area contributed by atoms with Gasteiger partial charge >= 0.3 is 19.1 Å². The number of rotatable bonds is 9. The highest BCUT2D eigenvalue weighted by Gasteiger charge is 2.54. The molecule has 0 heterocycles. The number of aliphatic hydroxyl groups is 1. The highest BCUT2D eigenvalue weighted by Crippen LogP contribution is 2.40. The molecule has 0 aromatic heterocycles. The van der Waals surface area contributed by atoms with E-state index in [0.29, 0.717) is 12.0 Å². The van der Waals surface area contributed by atoms with Gasteiger partial charge in [-0.3, -0.25) is 0 Å². The molecule has 24 heavy (non-hydrogen) atoms. The number of hydrogen-bond acceptors (Lipinski definition) is 3. The fourth-order valence-corrected chi connectivity index (χ4v) is 4.02. The van der Waals surface area contributed by atoms with E-state index in [0.717, 1.165) is 12.8 Å². The topological polar surface area (TPSA) is 74.6 Å². The van der Waals surface area contributed by atoms with Crippen LogP contribution < -0.4 is 0 Å². The number of aliphatic carboxylic acids is 1. The average molecular weight is 345 g/mol. The first kappa shape index (κ1) is 18.3. The summed E-state index contributed by atoms with van der Waals surface area (Å²) >= 11 is 0. The Morgan fingerprint density at radius 2 is 1.46 bits per heavy atom. The summed E-state index contributed by atoms with van der Waals surface area (Å²) in [5.74, 6) is -1.42. The van der Waals surface area contributed by atoms with Gasteiger partial charge in [-0.25, -0.2) is 4.79 Å². The van der Waals surface area contributed by atoms with Gasteiger partial charge in [-0.15, -0.1) is 0 Å². The Morgan fingerprint density at radius 1 is 0.917 bits per heavy atom. The molecule has 0 aliphatic carbocycles. The minimum absolute atomic E-state index is 0.142. The molecule has 5 heteroatoms. The van der Waals surface area contributed by atoms with Gasteiger partial charge in [0.2, 0.25) is 0 Å². The number of aryl methyl sites for hydroxylation is 1. The first-order chi connectivity index (χ1) is 11.5. The number of hydrogen-bond donors (Lipinski definition) is 2. The molecule has 0 bridgehead atoms. The van der Waals surface area contributed by atoms with Crippen LogP contribution in [0.25, 0.3) is 0 Å². The lowest BCUT2D eigenvalue weighted by Gasteiger charge is -2.13. The monoisotopic (exact) mass is 345 g/mol. The molecular formula is C19H22O4P+. The summed E-state index contributed by atoms with van der Waals surface area (Å²) in [5.41, 5.74) is 1.86. The molecule has 2 rings (SSSR count). The second-order valence-corrected chi connectivity index (χ2v) is 7.77. The molecule has 2 atom stereocenters. The van der Waals surface area contributed by atoms with Crippen LogP contribution in [0.1, 0.15) is 24.0 Å². The van der Waals surface area contributed by atoms with Crippen LogP contribution in [0.2, 0.25) is 0 Å². The fourth-order valence-electron chi connectivity index (χ4n) is 2.57. The summed E-state index contributed by atoms with van der Waals surface area (Å²) in [6.45, 7) is 0. The third-order valence-corrected chi connectivity index (χ3v) is 5.87. The van der Waals surface area contributed by atoms with Crippen molar-refractivity contribution in [2.24, 2.45) is 0 Å². The Kier molecular flexibility index (Phi) is 6.65. The first-order valence-electron chi connectivity index (χ1n) is 8.01. The highest BCUT2D eigenvalue weighted by molar-refractivity contribution is 7.47. The van der Waals surface area contributed by atoms with Crippen LogP contribution in [0.15, 0.2) is 60.7 Å². The number of carboxylic acids is 1. The maximum atomic E-state index is 12.4. The average Bonchev–Trinajstić information content (AvgIpc) is 2.60. The van der Waals surface area contributed by atoms with E-state index in [-0.39, 0.29) is 12.6 Å². The molecule has 126 valence electrons. The normalized spacial score (nSPS) is 14.0. The van der Waals surface area contributed by atoms with Crippen molar-refractivity contribution in [3.05, 3.63) is 71.8 Å². The first-order valence-corrected chi connectivity index (χ1v) is 9.45. The van der Waals surface area contributed by atoms with Gasteiger partial charge in [0.1, 0.15) is 6.16 Å². The molecule has 4 nitrogen and oxygen atoms in total. The van der Waals surface area contributed by atoms with Crippen LogP contribution in [0, 0.1) is 0 Å². The van der Waals surface area contributed by atoms with Gasteiger partial charge in [-0.1, -0.05) is 65.2 Å². The van der Waals surface area contributed by atoms with Crippen molar-refractivity contribution in [1.29, 1.82) is 0 Å². The lowest BCUT2D eigenvalue weighted by Crippen LogP contribution is -2.37. The van der Waals surface area contributed by atoms with Gasteiger partial charge in [0, 0.05) is 0 Å². The molecule has 0 aliphatic heterocycles. The lowest BCUT2D eigenvalue weighted by atomic mass is 10.1. The minimum atomic E-state index is -2.26. The van der Waals surface area contributed by atoms with Gasteiger partial charge in [-0.2, -0.15) is 0 Å². The molecule has 0 amide bonds. The molecule has 2 unspecified atom stereocenters. The Hall–Kier alpha value is -2.03. The van der Waals surface area contributed by atoms with Crippen LogP contribution in [0.5, 0.6) is 0 Å². The summed E-state index contributed by atoms with van der Waals surface area (Å²) in [4.78, 5) is 11.5. The molecule has 2 N–H and O–H groups in total. The number of benzene rings is 2. The van der Waals surface area contributed by atoms with E-state index in [4.69, 9.17) is 0 Å². The zero-order chi connectivity index (χ0) is 17.4. The van der Waals surface area contributed by atoms with Crippen molar-refractivity contribution in [2.75, 3.05) is 6.16 Å². The second kappa shape index (κ2) is 8.72. The van der Waals surface area contributed by atoms with E-state index >= 15 is 0 Å². The highest BCUT2D eigenvalue weighted by atomic mass is 31.1. The van der Waals surface area contributed by atoms with Gasteiger partial charge in [0.05, 0.1) is 6.42 Å². The Bertz CT molecular complexity index is 672. The zero-order valence-corrected chi connectivity index (χ0v) is 14.4. The molecule has 2 aromatic carbocycles. The van der Waals surface area contributed by atoms with Crippen molar-refractivity contribution in [3.8, 4) is 0 Å².